The van der Waals surface area contributed by atoms with Gasteiger partial charge < -0.3 is 4.74 Å². The molecule has 0 amide bonds. The van der Waals surface area contributed by atoms with Crippen molar-refractivity contribution in [3.8, 4) is 0 Å². The minimum atomic E-state index is -0.350. The fourth-order valence-electron chi connectivity index (χ4n) is 2.37. The molecule has 0 aliphatic heterocycles. The summed E-state index contributed by atoms with van der Waals surface area (Å²) in [6, 6.07) is 0. The predicted molar refractivity (Wildman–Crippen MR) is 58.2 cm³/mol. The maximum absolute atomic E-state index is 11.7. The predicted octanol–water partition coefficient (Wildman–Crippen LogP) is 1.65. The summed E-state index contributed by atoms with van der Waals surface area (Å²) in [5, 5.41) is 7.85. The highest BCUT2D eigenvalue weighted by atomic mass is 16.5. The van der Waals surface area contributed by atoms with E-state index in [-0.39, 0.29) is 5.97 Å². The summed E-state index contributed by atoms with van der Waals surface area (Å²) in [5.74, 6) is 0.0666. The molecule has 1 aromatic rings. The zero-order valence-electron chi connectivity index (χ0n) is 9.77. The summed E-state index contributed by atoms with van der Waals surface area (Å²) >= 11 is 0. The van der Waals surface area contributed by atoms with E-state index in [2.05, 4.69) is 10.3 Å². The fraction of sp³-hybridized carbons (Fsp3) is 0.727. The molecule has 0 atom stereocenters. The van der Waals surface area contributed by atoms with Crippen LogP contribution in [0.15, 0.2) is 0 Å². The van der Waals surface area contributed by atoms with Crippen molar-refractivity contribution in [2.45, 2.75) is 38.5 Å². The number of carbonyl (C=O) groups is 1. The van der Waals surface area contributed by atoms with Crippen LogP contribution < -0.4 is 0 Å². The van der Waals surface area contributed by atoms with Crippen molar-refractivity contribution in [1.29, 1.82) is 0 Å². The van der Waals surface area contributed by atoms with Crippen LogP contribution in [-0.2, 0) is 11.8 Å². The van der Waals surface area contributed by atoms with Gasteiger partial charge in [0.1, 0.15) is 0 Å². The van der Waals surface area contributed by atoms with Crippen molar-refractivity contribution >= 4 is 5.97 Å². The third-order valence-electron chi connectivity index (χ3n) is 3.08. The molecule has 0 bridgehead atoms. The Morgan fingerprint density at radius 1 is 1.50 bits per heavy atom. The Hall–Kier alpha value is -1.39. The van der Waals surface area contributed by atoms with Crippen molar-refractivity contribution in [1.82, 2.24) is 15.0 Å². The highest BCUT2D eigenvalue weighted by Gasteiger charge is 2.28. The lowest BCUT2D eigenvalue weighted by Gasteiger charge is -2.10. The van der Waals surface area contributed by atoms with E-state index >= 15 is 0 Å². The quantitative estimate of drug-likeness (QED) is 0.731. The van der Waals surface area contributed by atoms with Crippen LogP contribution in [0.2, 0.25) is 0 Å². The first kappa shape index (κ1) is 11.1. The minimum absolute atomic E-state index is 0.350. The van der Waals surface area contributed by atoms with Crippen LogP contribution in [0.4, 0.5) is 0 Å². The molecule has 1 heterocycles. The van der Waals surface area contributed by atoms with E-state index in [9.17, 15) is 4.79 Å². The van der Waals surface area contributed by atoms with Crippen molar-refractivity contribution in [2.24, 2.45) is 7.05 Å². The van der Waals surface area contributed by atoms with Crippen LogP contribution in [0.25, 0.3) is 0 Å². The van der Waals surface area contributed by atoms with Gasteiger partial charge in [-0.2, -0.15) is 0 Å². The van der Waals surface area contributed by atoms with E-state index in [1.807, 2.05) is 7.05 Å². The topological polar surface area (TPSA) is 57.0 Å². The molecule has 1 saturated carbocycles. The molecule has 0 spiro atoms. The average molecular weight is 223 g/mol. The Morgan fingerprint density at radius 2 is 2.19 bits per heavy atom. The molecule has 5 heteroatoms. The van der Waals surface area contributed by atoms with E-state index < -0.39 is 0 Å². The van der Waals surface area contributed by atoms with Crippen LogP contribution in [-0.4, -0.2) is 27.6 Å². The number of hydrogen-bond acceptors (Lipinski definition) is 4. The summed E-state index contributed by atoms with van der Waals surface area (Å²) in [6.45, 7) is 2.17. The van der Waals surface area contributed by atoms with Gasteiger partial charge in [0, 0.05) is 13.0 Å². The number of hydrogen-bond donors (Lipinski definition) is 0. The first-order valence-electron chi connectivity index (χ1n) is 5.80. The average Bonchev–Trinajstić information content (AvgIpc) is 2.86. The SMILES string of the molecule is CCOC(=O)c1nnn(C)c1C1CCCC1. The Balaban J connectivity index is 2.27. The molecule has 1 aliphatic carbocycles. The van der Waals surface area contributed by atoms with Gasteiger partial charge in [0.05, 0.1) is 12.3 Å². The Labute approximate surface area is 94.8 Å². The number of rotatable bonds is 3. The lowest BCUT2D eigenvalue weighted by atomic mass is 10.0. The third-order valence-corrected chi connectivity index (χ3v) is 3.08. The number of esters is 1. The van der Waals surface area contributed by atoms with Crippen LogP contribution in [0.5, 0.6) is 0 Å². The fourth-order valence-corrected chi connectivity index (χ4v) is 2.37. The first-order valence-corrected chi connectivity index (χ1v) is 5.80. The Morgan fingerprint density at radius 3 is 2.81 bits per heavy atom. The minimum Gasteiger partial charge on any atom is -0.461 e. The van der Waals surface area contributed by atoms with Crippen LogP contribution >= 0.6 is 0 Å². The summed E-state index contributed by atoms with van der Waals surface area (Å²) in [7, 11) is 1.84. The second kappa shape index (κ2) is 4.63. The van der Waals surface area contributed by atoms with Gasteiger partial charge in [-0.05, 0) is 19.8 Å². The van der Waals surface area contributed by atoms with Crippen LogP contribution in [0, 0.1) is 0 Å². The van der Waals surface area contributed by atoms with Crippen molar-refractivity contribution in [2.75, 3.05) is 6.61 Å². The van der Waals surface area contributed by atoms with Gasteiger partial charge in [-0.15, -0.1) is 5.10 Å². The van der Waals surface area contributed by atoms with Crippen molar-refractivity contribution in [3.63, 3.8) is 0 Å². The highest BCUT2D eigenvalue weighted by molar-refractivity contribution is 5.88. The maximum Gasteiger partial charge on any atom is 0.360 e. The van der Waals surface area contributed by atoms with Gasteiger partial charge in [0.15, 0.2) is 5.69 Å². The number of aromatic nitrogens is 3. The molecule has 5 nitrogen and oxygen atoms in total. The number of carbonyl (C=O) groups excluding carboxylic acids is 1. The number of nitrogens with zero attached hydrogens (tertiary/aromatic N) is 3. The molecule has 1 aromatic heterocycles. The van der Waals surface area contributed by atoms with Crippen molar-refractivity contribution < 1.29 is 9.53 Å². The zero-order chi connectivity index (χ0) is 11.5. The molecule has 0 saturated heterocycles. The maximum atomic E-state index is 11.7. The molecule has 88 valence electrons. The first-order chi connectivity index (χ1) is 7.74. The molecular weight excluding hydrogens is 206 g/mol. The Bertz CT molecular complexity index is 381. The van der Waals surface area contributed by atoms with E-state index in [0.717, 1.165) is 18.5 Å². The molecule has 0 unspecified atom stereocenters. The molecule has 0 aromatic carbocycles. The van der Waals surface area contributed by atoms with Gasteiger partial charge in [-0.3, -0.25) is 4.68 Å². The molecule has 0 radical (unpaired) electrons. The van der Waals surface area contributed by atoms with Gasteiger partial charge in [0.2, 0.25) is 0 Å². The largest absolute Gasteiger partial charge is 0.461 e. The summed E-state index contributed by atoms with van der Waals surface area (Å²) < 4.78 is 6.70. The summed E-state index contributed by atoms with van der Waals surface area (Å²) in [5.41, 5.74) is 1.34. The molecule has 0 N–H and O–H groups in total. The molecular formula is C11H17N3O2. The van der Waals surface area contributed by atoms with Crippen molar-refractivity contribution in [3.05, 3.63) is 11.4 Å². The smallest absolute Gasteiger partial charge is 0.360 e. The third kappa shape index (κ3) is 1.94. The van der Waals surface area contributed by atoms with Gasteiger partial charge in [-0.25, -0.2) is 4.79 Å². The monoisotopic (exact) mass is 223 g/mol. The van der Waals surface area contributed by atoms with Gasteiger partial charge >= 0.3 is 5.97 Å². The van der Waals surface area contributed by atoms with E-state index in [4.69, 9.17) is 4.74 Å². The lowest BCUT2D eigenvalue weighted by Crippen LogP contribution is -2.12. The molecule has 1 fully saturated rings. The summed E-state index contributed by atoms with van der Waals surface area (Å²) in [6.07, 6.45) is 4.68. The number of aryl methyl sites for hydroxylation is 1. The zero-order valence-corrected chi connectivity index (χ0v) is 9.77. The van der Waals surface area contributed by atoms with E-state index in [1.54, 1.807) is 11.6 Å². The van der Waals surface area contributed by atoms with Crippen LogP contribution in [0.1, 0.15) is 54.7 Å². The van der Waals surface area contributed by atoms with Gasteiger partial charge in [-0.1, -0.05) is 18.1 Å². The lowest BCUT2D eigenvalue weighted by molar-refractivity contribution is 0.0517. The van der Waals surface area contributed by atoms with E-state index in [0.29, 0.717) is 18.2 Å². The second-order valence-corrected chi connectivity index (χ2v) is 4.15. The van der Waals surface area contributed by atoms with Gasteiger partial charge in [0.25, 0.3) is 0 Å². The molecule has 2 rings (SSSR count). The number of ether oxygens (including phenoxy) is 1. The molecule has 1 aliphatic rings. The standard InChI is InChI=1S/C11H17N3O2/c1-3-16-11(15)9-10(14(2)13-12-9)8-6-4-5-7-8/h8H,3-7H2,1-2H3. The second-order valence-electron chi connectivity index (χ2n) is 4.15. The normalized spacial score (nSPS) is 16.6. The Kier molecular flexibility index (Phi) is 3.22. The summed E-state index contributed by atoms with van der Waals surface area (Å²) in [4.78, 5) is 11.7. The van der Waals surface area contributed by atoms with E-state index in [1.165, 1.54) is 12.8 Å². The van der Waals surface area contributed by atoms with Crippen LogP contribution in [0.3, 0.4) is 0 Å². The highest BCUT2D eigenvalue weighted by Crippen LogP contribution is 2.34. The molecule has 16 heavy (non-hydrogen) atoms.